The van der Waals surface area contributed by atoms with Crippen LogP contribution in [0.5, 0.6) is 5.75 Å². The number of aryl methyl sites for hydroxylation is 1. The third kappa shape index (κ3) is 2.53. The second-order valence-electron chi connectivity index (χ2n) is 4.75. The zero-order valence-electron chi connectivity index (χ0n) is 11.3. The van der Waals surface area contributed by atoms with Crippen molar-refractivity contribution in [1.82, 2.24) is 4.98 Å². The summed E-state index contributed by atoms with van der Waals surface area (Å²) in [7, 11) is 1.59. The van der Waals surface area contributed by atoms with Crippen LogP contribution in [0.4, 0.5) is 5.82 Å². The van der Waals surface area contributed by atoms with Crippen molar-refractivity contribution < 1.29 is 9.84 Å². The molecule has 0 aliphatic rings. The van der Waals surface area contributed by atoms with Gasteiger partial charge >= 0.3 is 0 Å². The van der Waals surface area contributed by atoms with Crippen LogP contribution in [0.1, 0.15) is 23.6 Å². The SMILES string of the molecule is COc1cccc(C(C)(O)c2cc(C)cnc2N)c1. The van der Waals surface area contributed by atoms with Crippen molar-refractivity contribution in [3.8, 4) is 5.75 Å². The lowest BCUT2D eigenvalue weighted by Gasteiger charge is -2.26. The molecule has 1 unspecified atom stereocenters. The molecule has 19 heavy (non-hydrogen) atoms. The highest BCUT2D eigenvalue weighted by Crippen LogP contribution is 2.33. The molecule has 0 spiro atoms. The lowest BCUT2D eigenvalue weighted by molar-refractivity contribution is 0.102. The van der Waals surface area contributed by atoms with E-state index in [9.17, 15) is 5.11 Å². The van der Waals surface area contributed by atoms with E-state index in [0.29, 0.717) is 22.7 Å². The molecule has 0 aliphatic heterocycles. The van der Waals surface area contributed by atoms with Crippen molar-refractivity contribution >= 4 is 5.82 Å². The third-order valence-electron chi connectivity index (χ3n) is 3.21. The van der Waals surface area contributed by atoms with E-state index in [-0.39, 0.29) is 0 Å². The maximum absolute atomic E-state index is 10.8. The molecule has 0 saturated carbocycles. The number of hydrogen-bond donors (Lipinski definition) is 2. The Kier molecular flexibility index (Phi) is 3.44. The van der Waals surface area contributed by atoms with E-state index < -0.39 is 5.60 Å². The minimum atomic E-state index is -1.21. The summed E-state index contributed by atoms with van der Waals surface area (Å²) in [5, 5.41) is 10.8. The number of rotatable bonds is 3. The first-order valence-electron chi connectivity index (χ1n) is 6.04. The first kappa shape index (κ1) is 13.4. The first-order valence-corrected chi connectivity index (χ1v) is 6.04. The van der Waals surface area contributed by atoms with Crippen molar-refractivity contribution in [3.05, 3.63) is 53.2 Å². The van der Waals surface area contributed by atoms with Gasteiger partial charge in [0.2, 0.25) is 0 Å². The summed E-state index contributed by atoms with van der Waals surface area (Å²) in [4.78, 5) is 4.10. The van der Waals surface area contributed by atoms with Crippen molar-refractivity contribution in [1.29, 1.82) is 0 Å². The molecule has 0 radical (unpaired) electrons. The van der Waals surface area contributed by atoms with Crippen molar-refractivity contribution in [2.75, 3.05) is 12.8 Å². The molecule has 0 amide bonds. The van der Waals surface area contributed by atoms with Gasteiger partial charge in [0, 0.05) is 11.8 Å². The number of nitrogens with two attached hydrogens (primary N) is 1. The predicted molar refractivity (Wildman–Crippen MR) is 75.1 cm³/mol. The molecule has 0 fully saturated rings. The quantitative estimate of drug-likeness (QED) is 0.886. The van der Waals surface area contributed by atoms with E-state index in [1.165, 1.54) is 0 Å². The highest BCUT2D eigenvalue weighted by atomic mass is 16.5. The molecular formula is C15H18N2O2. The molecule has 4 nitrogen and oxygen atoms in total. The number of hydrogen-bond acceptors (Lipinski definition) is 4. The monoisotopic (exact) mass is 258 g/mol. The Bertz CT molecular complexity index is 594. The maximum atomic E-state index is 10.8. The molecule has 2 rings (SSSR count). The number of ether oxygens (including phenoxy) is 1. The number of pyridine rings is 1. The van der Waals surface area contributed by atoms with Gasteiger partial charge in [-0.25, -0.2) is 4.98 Å². The van der Waals surface area contributed by atoms with Gasteiger partial charge in [-0.1, -0.05) is 12.1 Å². The molecule has 3 N–H and O–H groups in total. The highest BCUT2D eigenvalue weighted by molar-refractivity contribution is 5.50. The zero-order chi connectivity index (χ0) is 14.0. The van der Waals surface area contributed by atoms with Crippen molar-refractivity contribution in [3.63, 3.8) is 0 Å². The summed E-state index contributed by atoms with van der Waals surface area (Å²) in [6.07, 6.45) is 1.68. The number of anilines is 1. The van der Waals surface area contributed by atoms with Crippen LogP contribution in [0.2, 0.25) is 0 Å². The Morgan fingerprint density at radius 1 is 1.32 bits per heavy atom. The molecule has 1 atom stereocenters. The van der Waals surface area contributed by atoms with E-state index in [4.69, 9.17) is 10.5 Å². The van der Waals surface area contributed by atoms with Crippen LogP contribution in [0.3, 0.4) is 0 Å². The number of aromatic nitrogens is 1. The zero-order valence-corrected chi connectivity index (χ0v) is 11.3. The second-order valence-corrected chi connectivity index (χ2v) is 4.75. The molecule has 0 bridgehead atoms. The maximum Gasteiger partial charge on any atom is 0.129 e. The number of nitrogens with zero attached hydrogens (tertiary/aromatic N) is 1. The van der Waals surface area contributed by atoms with Crippen molar-refractivity contribution in [2.24, 2.45) is 0 Å². The highest BCUT2D eigenvalue weighted by Gasteiger charge is 2.29. The Labute approximate surface area is 112 Å². The Morgan fingerprint density at radius 3 is 2.74 bits per heavy atom. The van der Waals surface area contributed by atoms with Gasteiger partial charge in [0.05, 0.1) is 7.11 Å². The standard InChI is InChI=1S/C15H18N2O2/c1-10-7-13(14(16)17-9-10)15(2,18)11-5-4-6-12(8-11)19-3/h4-9,18H,1-3H3,(H2,16,17). The second kappa shape index (κ2) is 4.90. The van der Waals surface area contributed by atoms with Gasteiger partial charge in [0.15, 0.2) is 0 Å². The van der Waals surface area contributed by atoms with E-state index in [1.807, 2.05) is 31.2 Å². The number of benzene rings is 1. The van der Waals surface area contributed by atoms with E-state index in [0.717, 1.165) is 5.56 Å². The van der Waals surface area contributed by atoms with Crippen molar-refractivity contribution in [2.45, 2.75) is 19.4 Å². The lowest BCUT2D eigenvalue weighted by atomic mass is 9.88. The fourth-order valence-electron chi connectivity index (χ4n) is 2.05. The van der Waals surface area contributed by atoms with Gasteiger partial charge in [-0.05, 0) is 43.2 Å². The van der Waals surface area contributed by atoms with Gasteiger partial charge in [0.1, 0.15) is 17.2 Å². The van der Waals surface area contributed by atoms with Crippen LogP contribution in [0, 0.1) is 6.92 Å². The normalized spacial score (nSPS) is 13.9. The summed E-state index contributed by atoms with van der Waals surface area (Å²) in [6, 6.07) is 9.15. The van der Waals surface area contributed by atoms with E-state index in [2.05, 4.69) is 4.98 Å². The van der Waals surface area contributed by atoms with Crippen LogP contribution < -0.4 is 10.5 Å². The van der Waals surface area contributed by atoms with E-state index >= 15 is 0 Å². The number of aliphatic hydroxyl groups is 1. The summed E-state index contributed by atoms with van der Waals surface area (Å²) >= 11 is 0. The molecule has 0 saturated heterocycles. The van der Waals surface area contributed by atoms with Gasteiger partial charge in [-0.2, -0.15) is 0 Å². The van der Waals surface area contributed by atoms with Crippen LogP contribution in [0.25, 0.3) is 0 Å². The van der Waals surface area contributed by atoms with E-state index in [1.54, 1.807) is 26.3 Å². The third-order valence-corrected chi connectivity index (χ3v) is 3.21. The molecule has 1 aromatic carbocycles. The smallest absolute Gasteiger partial charge is 0.129 e. The van der Waals surface area contributed by atoms with Crippen LogP contribution in [-0.4, -0.2) is 17.2 Å². The van der Waals surface area contributed by atoms with Gasteiger partial charge in [-0.3, -0.25) is 0 Å². The number of methoxy groups -OCH3 is 1. The average molecular weight is 258 g/mol. The van der Waals surface area contributed by atoms with Crippen LogP contribution in [0.15, 0.2) is 36.5 Å². The first-order chi connectivity index (χ1) is 8.95. The summed E-state index contributed by atoms with van der Waals surface area (Å²) in [5.41, 5.74) is 6.93. The molecule has 1 heterocycles. The molecule has 4 heteroatoms. The fraction of sp³-hybridized carbons (Fsp3) is 0.267. The Balaban J connectivity index is 2.54. The van der Waals surface area contributed by atoms with Crippen LogP contribution >= 0.6 is 0 Å². The van der Waals surface area contributed by atoms with Gasteiger partial charge in [-0.15, -0.1) is 0 Å². The molecule has 100 valence electrons. The van der Waals surface area contributed by atoms with Crippen LogP contribution in [-0.2, 0) is 5.60 Å². The molecule has 1 aromatic heterocycles. The summed E-state index contributed by atoms with van der Waals surface area (Å²) in [6.45, 7) is 3.62. The minimum Gasteiger partial charge on any atom is -0.497 e. The largest absolute Gasteiger partial charge is 0.497 e. The Morgan fingerprint density at radius 2 is 2.05 bits per heavy atom. The van der Waals surface area contributed by atoms with Gasteiger partial charge < -0.3 is 15.6 Å². The topological polar surface area (TPSA) is 68.4 Å². The minimum absolute atomic E-state index is 0.332. The summed E-state index contributed by atoms with van der Waals surface area (Å²) in [5.74, 6) is 1.02. The Hall–Kier alpha value is -2.07. The average Bonchev–Trinajstić information content (AvgIpc) is 2.41. The number of nitrogen functional groups attached to an aromatic ring is 1. The predicted octanol–water partition coefficient (Wildman–Crippen LogP) is 2.24. The molecular weight excluding hydrogens is 240 g/mol. The van der Waals surface area contributed by atoms with Gasteiger partial charge in [0.25, 0.3) is 0 Å². The fourth-order valence-corrected chi connectivity index (χ4v) is 2.05. The molecule has 0 aliphatic carbocycles. The lowest BCUT2D eigenvalue weighted by Crippen LogP contribution is -2.25. The summed E-state index contributed by atoms with van der Waals surface area (Å²) < 4.78 is 5.18. The molecule has 2 aromatic rings.